The molecule has 0 unspecified atom stereocenters. The molecule has 14 heavy (non-hydrogen) atoms. The molecular weight excluding hydrogens is 190 g/mol. The first-order valence-corrected chi connectivity index (χ1v) is 6.02. The average Bonchev–Trinajstić information content (AvgIpc) is 2.88. The van der Waals surface area contributed by atoms with Gasteiger partial charge in [0.15, 0.2) is 0 Å². The summed E-state index contributed by atoms with van der Waals surface area (Å²) in [4.78, 5) is 0. The first-order valence-electron chi connectivity index (χ1n) is 5.15. The molecule has 2 heterocycles. The zero-order valence-corrected chi connectivity index (χ0v) is 8.81. The number of fused-ring (bicyclic) bond motifs is 1. The highest BCUT2D eigenvalue weighted by Gasteiger charge is 2.18. The lowest BCUT2D eigenvalue weighted by molar-refractivity contribution is 0.653. The Kier molecular flexibility index (Phi) is 2.03. The predicted molar refractivity (Wildman–Crippen MR) is 61.8 cm³/mol. The van der Waals surface area contributed by atoms with Crippen LogP contribution >= 0.6 is 11.3 Å². The summed E-state index contributed by atoms with van der Waals surface area (Å²) in [6.45, 7) is 1.17. The minimum absolute atomic E-state index is 0.595. The first kappa shape index (κ1) is 8.45. The average molecular weight is 203 g/mol. The van der Waals surface area contributed by atoms with Crippen LogP contribution in [0.4, 0.5) is 0 Å². The molecule has 1 saturated heterocycles. The highest BCUT2D eigenvalue weighted by atomic mass is 32.1. The Bertz CT molecular complexity index is 440. The number of hydrogen-bond acceptors (Lipinski definition) is 2. The van der Waals surface area contributed by atoms with E-state index in [1.54, 1.807) is 0 Å². The SMILES string of the molecule is c1cc([C@@H]2CCCN2)c2sccc2c1. The molecule has 1 aromatic heterocycles. The van der Waals surface area contributed by atoms with E-state index in [0.717, 1.165) is 0 Å². The van der Waals surface area contributed by atoms with E-state index in [2.05, 4.69) is 35.0 Å². The molecule has 0 saturated carbocycles. The number of hydrogen-bond donors (Lipinski definition) is 1. The lowest BCUT2D eigenvalue weighted by atomic mass is 10.0. The summed E-state index contributed by atoms with van der Waals surface area (Å²) in [7, 11) is 0. The minimum Gasteiger partial charge on any atom is -0.310 e. The van der Waals surface area contributed by atoms with Gasteiger partial charge in [0.2, 0.25) is 0 Å². The van der Waals surface area contributed by atoms with Crippen molar-refractivity contribution in [3.63, 3.8) is 0 Å². The second-order valence-corrected chi connectivity index (χ2v) is 4.75. The van der Waals surface area contributed by atoms with Gasteiger partial charge >= 0.3 is 0 Å². The molecule has 0 amide bonds. The van der Waals surface area contributed by atoms with Crippen molar-refractivity contribution in [2.24, 2.45) is 0 Å². The Labute approximate surface area is 87.8 Å². The number of nitrogens with one attached hydrogen (secondary N) is 1. The Morgan fingerprint density at radius 2 is 2.29 bits per heavy atom. The highest BCUT2D eigenvalue weighted by Crippen LogP contribution is 2.32. The third-order valence-electron chi connectivity index (χ3n) is 2.95. The molecule has 1 nitrogen and oxygen atoms in total. The van der Waals surface area contributed by atoms with Gasteiger partial charge in [-0.3, -0.25) is 0 Å². The molecular formula is C12H13NS. The van der Waals surface area contributed by atoms with Crippen molar-refractivity contribution in [2.75, 3.05) is 6.54 Å². The van der Waals surface area contributed by atoms with Crippen LogP contribution in [-0.2, 0) is 0 Å². The molecule has 1 aliphatic heterocycles. The van der Waals surface area contributed by atoms with Gasteiger partial charge in [0.05, 0.1) is 0 Å². The van der Waals surface area contributed by atoms with Gasteiger partial charge in [0, 0.05) is 10.7 Å². The third kappa shape index (κ3) is 1.26. The molecule has 2 aromatic rings. The van der Waals surface area contributed by atoms with Crippen molar-refractivity contribution in [3.8, 4) is 0 Å². The second kappa shape index (κ2) is 3.37. The monoisotopic (exact) mass is 203 g/mol. The predicted octanol–water partition coefficient (Wildman–Crippen LogP) is 3.33. The molecule has 1 fully saturated rings. The minimum atomic E-state index is 0.595. The Morgan fingerprint density at radius 1 is 1.29 bits per heavy atom. The molecule has 1 atom stereocenters. The molecule has 3 rings (SSSR count). The van der Waals surface area contributed by atoms with E-state index in [-0.39, 0.29) is 0 Å². The summed E-state index contributed by atoms with van der Waals surface area (Å²) in [5.41, 5.74) is 1.50. The maximum absolute atomic E-state index is 3.56. The molecule has 0 spiro atoms. The van der Waals surface area contributed by atoms with E-state index in [9.17, 15) is 0 Å². The topological polar surface area (TPSA) is 12.0 Å². The molecule has 1 N–H and O–H groups in total. The van der Waals surface area contributed by atoms with E-state index in [1.807, 2.05) is 11.3 Å². The van der Waals surface area contributed by atoms with E-state index in [1.165, 1.54) is 35.0 Å². The molecule has 1 aliphatic rings. The quantitative estimate of drug-likeness (QED) is 0.749. The zero-order chi connectivity index (χ0) is 9.38. The fourth-order valence-corrected chi connectivity index (χ4v) is 3.21. The number of rotatable bonds is 1. The van der Waals surface area contributed by atoms with Crippen LogP contribution < -0.4 is 5.32 Å². The maximum Gasteiger partial charge on any atom is 0.0390 e. The van der Waals surface area contributed by atoms with Crippen LogP contribution in [0.15, 0.2) is 29.6 Å². The standard InChI is InChI=1S/C12H13NS/c1-3-9-6-8-14-12(9)10(4-1)11-5-2-7-13-11/h1,3-4,6,8,11,13H,2,5,7H2/t11-/m0/s1. The van der Waals surface area contributed by atoms with Crippen molar-refractivity contribution >= 4 is 21.4 Å². The maximum atomic E-state index is 3.56. The molecule has 1 aromatic carbocycles. The summed E-state index contributed by atoms with van der Waals surface area (Å²) >= 11 is 1.86. The third-order valence-corrected chi connectivity index (χ3v) is 3.92. The Balaban J connectivity index is 2.14. The van der Waals surface area contributed by atoms with E-state index >= 15 is 0 Å². The van der Waals surface area contributed by atoms with Gasteiger partial charge in [-0.2, -0.15) is 0 Å². The van der Waals surface area contributed by atoms with Crippen molar-refractivity contribution in [1.29, 1.82) is 0 Å². The summed E-state index contributed by atoms with van der Waals surface area (Å²) in [5, 5.41) is 7.14. The summed E-state index contributed by atoms with van der Waals surface area (Å²) in [5.74, 6) is 0. The van der Waals surface area contributed by atoms with Gasteiger partial charge in [-0.15, -0.1) is 11.3 Å². The largest absolute Gasteiger partial charge is 0.310 e. The van der Waals surface area contributed by atoms with Crippen LogP contribution in [0, 0.1) is 0 Å². The Hall–Kier alpha value is -0.860. The lowest BCUT2D eigenvalue weighted by Crippen LogP contribution is -2.12. The van der Waals surface area contributed by atoms with Gasteiger partial charge in [-0.1, -0.05) is 18.2 Å². The second-order valence-electron chi connectivity index (χ2n) is 3.84. The van der Waals surface area contributed by atoms with Crippen molar-refractivity contribution in [2.45, 2.75) is 18.9 Å². The summed E-state index contributed by atoms with van der Waals surface area (Å²) in [6.07, 6.45) is 2.60. The Morgan fingerprint density at radius 3 is 3.14 bits per heavy atom. The normalized spacial score (nSPS) is 21.9. The molecule has 0 bridgehead atoms. The summed E-state index contributed by atoms with van der Waals surface area (Å²) < 4.78 is 1.46. The van der Waals surface area contributed by atoms with Gasteiger partial charge in [0.1, 0.15) is 0 Å². The number of benzene rings is 1. The van der Waals surface area contributed by atoms with Crippen LogP contribution in [0.2, 0.25) is 0 Å². The van der Waals surface area contributed by atoms with E-state index < -0.39 is 0 Å². The van der Waals surface area contributed by atoms with E-state index in [4.69, 9.17) is 0 Å². The highest BCUT2D eigenvalue weighted by molar-refractivity contribution is 7.17. The van der Waals surface area contributed by atoms with Gasteiger partial charge in [-0.05, 0) is 41.8 Å². The van der Waals surface area contributed by atoms with Crippen LogP contribution in [0.5, 0.6) is 0 Å². The van der Waals surface area contributed by atoms with Crippen LogP contribution in [0.1, 0.15) is 24.4 Å². The van der Waals surface area contributed by atoms with E-state index in [0.29, 0.717) is 6.04 Å². The molecule has 2 heteroatoms. The van der Waals surface area contributed by atoms with Crippen molar-refractivity contribution in [3.05, 3.63) is 35.2 Å². The summed E-state index contributed by atoms with van der Waals surface area (Å²) in [6, 6.07) is 9.44. The molecule has 72 valence electrons. The van der Waals surface area contributed by atoms with Gasteiger partial charge < -0.3 is 5.32 Å². The van der Waals surface area contributed by atoms with Crippen LogP contribution in [0.25, 0.3) is 10.1 Å². The van der Waals surface area contributed by atoms with Crippen molar-refractivity contribution in [1.82, 2.24) is 5.32 Å². The smallest absolute Gasteiger partial charge is 0.0390 e. The molecule has 0 radical (unpaired) electrons. The van der Waals surface area contributed by atoms with Crippen molar-refractivity contribution < 1.29 is 0 Å². The fraction of sp³-hybridized carbons (Fsp3) is 0.333. The van der Waals surface area contributed by atoms with Crippen LogP contribution in [-0.4, -0.2) is 6.54 Å². The lowest BCUT2D eigenvalue weighted by Gasteiger charge is -2.11. The van der Waals surface area contributed by atoms with Gasteiger partial charge in [0.25, 0.3) is 0 Å². The first-order chi connectivity index (χ1) is 6.95. The van der Waals surface area contributed by atoms with Gasteiger partial charge in [-0.25, -0.2) is 0 Å². The van der Waals surface area contributed by atoms with Crippen LogP contribution in [0.3, 0.4) is 0 Å². The fourth-order valence-electron chi connectivity index (χ4n) is 2.24. The molecule has 0 aliphatic carbocycles. The number of thiophene rings is 1. The zero-order valence-electron chi connectivity index (χ0n) is 7.99.